The van der Waals surface area contributed by atoms with Crippen molar-refractivity contribution in [2.24, 2.45) is 0 Å². The molecule has 0 aromatic rings. The minimum absolute atomic E-state index is 0.00154. The van der Waals surface area contributed by atoms with E-state index in [-0.39, 0.29) is 6.29 Å². The molecule has 0 aromatic carbocycles. The molecule has 1 heterocycles. The average molecular weight is 92.1 g/mol. The zero-order chi connectivity index (χ0) is 3.70. The molecule has 1 saturated heterocycles. The van der Waals surface area contributed by atoms with Gasteiger partial charge in [-0.05, 0) is 0 Å². The van der Waals surface area contributed by atoms with Crippen LogP contribution >= 0.6 is 12.6 Å². The zero-order valence-corrected chi connectivity index (χ0v) is 3.44. The van der Waals surface area contributed by atoms with Crippen molar-refractivity contribution in [3.8, 4) is 0 Å². The molecule has 0 spiro atoms. The molecule has 0 amide bonds. The van der Waals surface area contributed by atoms with Gasteiger partial charge in [0.25, 0.3) is 0 Å². The van der Waals surface area contributed by atoms with Gasteiger partial charge in [0.05, 0.1) is 0 Å². The van der Waals surface area contributed by atoms with E-state index in [1.165, 1.54) is 0 Å². The lowest BCUT2D eigenvalue weighted by Crippen LogP contribution is -1.79. The summed E-state index contributed by atoms with van der Waals surface area (Å²) in [5.41, 5.74) is 0. The average Bonchev–Trinajstić information content (AvgIpc) is 2.12. The quantitative estimate of drug-likeness (QED) is 0.284. The predicted octanol–water partition coefficient (Wildman–Crippen LogP) is 0.204. The summed E-state index contributed by atoms with van der Waals surface area (Å²) in [7, 11) is 0. The highest BCUT2D eigenvalue weighted by molar-refractivity contribution is 7.80. The Morgan fingerprint density at radius 2 is 2.20 bits per heavy atom. The molecule has 0 radical (unpaired) electrons. The molecule has 0 saturated carbocycles. The lowest BCUT2D eigenvalue weighted by atomic mass is 10.8. The zero-order valence-electron chi connectivity index (χ0n) is 2.55. The molecule has 3 heteroatoms. The standard InChI is InChI=1S/C2H4O2S/c5-1-2-3-4-2/h2,5H,1H2. The highest BCUT2D eigenvalue weighted by Gasteiger charge is 2.22. The molecular weight excluding hydrogens is 88.1 g/mol. The third-order valence-corrected chi connectivity index (χ3v) is 0.680. The molecule has 1 rings (SSSR count). The Kier molecular flexibility index (Phi) is 0.804. The summed E-state index contributed by atoms with van der Waals surface area (Å²) in [6, 6.07) is 0. The fourth-order valence-corrected chi connectivity index (χ4v) is 0.222. The van der Waals surface area contributed by atoms with Crippen molar-refractivity contribution in [2.45, 2.75) is 6.29 Å². The van der Waals surface area contributed by atoms with Gasteiger partial charge < -0.3 is 0 Å². The molecule has 2 nitrogen and oxygen atoms in total. The van der Waals surface area contributed by atoms with Gasteiger partial charge in [0.2, 0.25) is 6.29 Å². The van der Waals surface area contributed by atoms with E-state index in [0.29, 0.717) is 5.75 Å². The van der Waals surface area contributed by atoms with Gasteiger partial charge in [0, 0.05) is 5.75 Å². The largest absolute Gasteiger partial charge is 0.233 e. The third-order valence-electron chi connectivity index (χ3n) is 0.381. The Bertz CT molecular complexity index is 34.6. The first-order valence-electron chi connectivity index (χ1n) is 1.36. The van der Waals surface area contributed by atoms with Gasteiger partial charge in [-0.25, -0.2) is 0 Å². The maximum absolute atomic E-state index is 4.28. The van der Waals surface area contributed by atoms with Crippen LogP contribution in [0.2, 0.25) is 0 Å². The molecule has 0 bridgehead atoms. The summed E-state index contributed by atoms with van der Waals surface area (Å²) >= 11 is 3.83. The molecule has 0 N–H and O–H groups in total. The van der Waals surface area contributed by atoms with Crippen LogP contribution in [-0.4, -0.2) is 12.0 Å². The molecule has 30 valence electrons. The van der Waals surface area contributed by atoms with E-state index in [2.05, 4.69) is 22.4 Å². The van der Waals surface area contributed by atoms with E-state index in [0.717, 1.165) is 0 Å². The number of hydrogen-bond donors (Lipinski definition) is 1. The highest BCUT2D eigenvalue weighted by Crippen LogP contribution is 2.11. The summed E-state index contributed by atoms with van der Waals surface area (Å²) < 4.78 is 0. The van der Waals surface area contributed by atoms with Crippen molar-refractivity contribution >= 4 is 12.6 Å². The van der Waals surface area contributed by atoms with Crippen LogP contribution in [0.3, 0.4) is 0 Å². The SMILES string of the molecule is SCC1OO1. The Hall–Kier alpha value is 0.270. The van der Waals surface area contributed by atoms with Crippen molar-refractivity contribution in [1.82, 2.24) is 0 Å². The first-order valence-corrected chi connectivity index (χ1v) is 2.00. The third kappa shape index (κ3) is 0.792. The van der Waals surface area contributed by atoms with Gasteiger partial charge >= 0.3 is 0 Å². The van der Waals surface area contributed by atoms with Gasteiger partial charge in [0.15, 0.2) is 0 Å². The first kappa shape index (κ1) is 3.46. The normalized spacial score (nSPS) is 23.4. The second kappa shape index (κ2) is 1.16. The Labute approximate surface area is 35.4 Å². The van der Waals surface area contributed by atoms with Crippen molar-refractivity contribution in [2.75, 3.05) is 5.75 Å². The molecular formula is C2H4O2S. The fraction of sp³-hybridized carbons (Fsp3) is 1.00. The summed E-state index contributed by atoms with van der Waals surface area (Å²) in [5, 5.41) is 0. The van der Waals surface area contributed by atoms with Crippen molar-refractivity contribution in [3.05, 3.63) is 0 Å². The van der Waals surface area contributed by atoms with Gasteiger partial charge in [-0.1, -0.05) is 0 Å². The van der Waals surface area contributed by atoms with Crippen molar-refractivity contribution in [3.63, 3.8) is 0 Å². The summed E-state index contributed by atoms with van der Waals surface area (Å²) in [6.45, 7) is 0. The van der Waals surface area contributed by atoms with Crippen LogP contribution < -0.4 is 0 Å². The molecule has 0 atom stereocenters. The topological polar surface area (TPSA) is 25.1 Å². The van der Waals surface area contributed by atoms with Crippen LogP contribution in [-0.2, 0) is 9.78 Å². The number of rotatable bonds is 1. The minimum atomic E-state index is -0.00154. The van der Waals surface area contributed by atoms with Gasteiger partial charge in [-0.15, -0.1) is 0 Å². The minimum Gasteiger partial charge on any atom is -0.198 e. The molecule has 0 unspecified atom stereocenters. The fourth-order valence-electron chi connectivity index (χ4n) is 0.100. The van der Waals surface area contributed by atoms with Crippen LogP contribution in [0.5, 0.6) is 0 Å². The summed E-state index contributed by atoms with van der Waals surface area (Å²) in [6.07, 6.45) is -0.00154. The Morgan fingerprint density at radius 1 is 1.60 bits per heavy atom. The second-order valence-electron chi connectivity index (χ2n) is 0.805. The molecule has 5 heavy (non-hydrogen) atoms. The van der Waals surface area contributed by atoms with Crippen LogP contribution in [0.25, 0.3) is 0 Å². The van der Waals surface area contributed by atoms with Crippen LogP contribution in [0.15, 0.2) is 0 Å². The van der Waals surface area contributed by atoms with Crippen molar-refractivity contribution < 1.29 is 9.78 Å². The summed E-state index contributed by atoms with van der Waals surface area (Å²) in [5.74, 6) is 0.667. The van der Waals surface area contributed by atoms with Gasteiger partial charge in [-0.3, -0.25) is 0 Å². The van der Waals surface area contributed by atoms with Crippen LogP contribution in [0.4, 0.5) is 0 Å². The second-order valence-corrected chi connectivity index (χ2v) is 1.17. The van der Waals surface area contributed by atoms with Crippen molar-refractivity contribution in [1.29, 1.82) is 0 Å². The van der Waals surface area contributed by atoms with E-state index in [9.17, 15) is 0 Å². The maximum atomic E-state index is 4.28. The van der Waals surface area contributed by atoms with E-state index in [1.807, 2.05) is 0 Å². The summed E-state index contributed by atoms with van der Waals surface area (Å²) in [4.78, 5) is 8.56. The Balaban J connectivity index is 2.00. The highest BCUT2D eigenvalue weighted by atomic mass is 32.1. The maximum Gasteiger partial charge on any atom is 0.233 e. The van der Waals surface area contributed by atoms with E-state index in [4.69, 9.17) is 0 Å². The molecule has 1 aliphatic rings. The smallest absolute Gasteiger partial charge is 0.198 e. The van der Waals surface area contributed by atoms with Crippen LogP contribution in [0, 0.1) is 0 Å². The molecule has 1 fully saturated rings. The first-order chi connectivity index (χ1) is 2.43. The van der Waals surface area contributed by atoms with Crippen LogP contribution in [0.1, 0.15) is 0 Å². The van der Waals surface area contributed by atoms with E-state index >= 15 is 0 Å². The molecule has 1 aliphatic heterocycles. The molecule has 0 aromatic heterocycles. The van der Waals surface area contributed by atoms with Gasteiger partial charge in [-0.2, -0.15) is 22.4 Å². The van der Waals surface area contributed by atoms with E-state index < -0.39 is 0 Å². The monoisotopic (exact) mass is 92.0 g/mol. The Morgan fingerprint density at radius 3 is 2.20 bits per heavy atom. The number of thiol groups is 1. The van der Waals surface area contributed by atoms with E-state index in [1.54, 1.807) is 0 Å². The molecule has 0 aliphatic carbocycles. The van der Waals surface area contributed by atoms with Gasteiger partial charge in [0.1, 0.15) is 0 Å². The number of hydrogen-bond acceptors (Lipinski definition) is 3. The lowest BCUT2D eigenvalue weighted by molar-refractivity contribution is 0.0850. The predicted molar refractivity (Wildman–Crippen MR) is 19.8 cm³/mol. The lowest BCUT2D eigenvalue weighted by Gasteiger charge is -1.62.